The summed E-state index contributed by atoms with van der Waals surface area (Å²) in [6.07, 6.45) is 2.66. The summed E-state index contributed by atoms with van der Waals surface area (Å²) in [5.41, 5.74) is 5.88. The Kier molecular flexibility index (Phi) is 11.5. The first-order valence-electron chi connectivity index (χ1n) is 12.6. The van der Waals surface area contributed by atoms with E-state index in [0.717, 1.165) is 4.90 Å². The smallest absolute Gasteiger partial charge is 0.352 e. The number of thioether (sulfide) groups is 3. The second-order valence-corrected chi connectivity index (χ2v) is 13.3. The molecule has 3 heterocycles. The van der Waals surface area contributed by atoms with Crippen LogP contribution >= 0.6 is 58.5 Å². The zero-order valence-electron chi connectivity index (χ0n) is 22.0. The van der Waals surface area contributed by atoms with Gasteiger partial charge in [-0.15, -0.1) is 35.3 Å². The Morgan fingerprint density at radius 1 is 1.17 bits per heavy atom. The van der Waals surface area contributed by atoms with Crippen molar-refractivity contribution in [1.82, 2.24) is 15.5 Å². The maximum atomic E-state index is 13.0. The second-order valence-electron chi connectivity index (χ2n) is 9.26. The van der Waals surface area contributed by atoms with Gasteiger partial charge in [0, 0.05) is 51.5 Å². The maximum absolute atomic E-state index is 13.0. The largest absolute Gasteiger partial charge is 0.477 e. The number of aliphatic hydroxyl groups excluding tert-OH is 1. The molecule has 1 aromatic carbocycles. The number of aromatic nitrogens is 1. The van der Waals surface area contributed by atoms with Crippen molar-refractivity contribution in [3.8, 4) is 0 Å². The Morgan fingerprint density at radius 3 is 2.60 bits per heavy atom. The summed E-state index contributed by atoms with van der Waals surface area (Å²) in [7, 11) is 0. The molecule has 1 aromatic heterocycles. The highest BCUT2D eigenvalue weighted by Gasteiger charge is 2.54. The fourth-order valence-electron chi connectivity index (χ4n) is 4.09. The third kappa shape index (κ3) is 8.13. The van der Waals surface area contributed by atoms with Crippen LogP contribution in [0.2, 0.25) is 10.0 Å². The Labute approximate surface area is 264 Å². The molecular formula is C26H28Cl2N5O6S3+. The third-order valence-corrected chi connectivity index (χ3v) is 10.4. The molecule has 0 saturated carbocycles. The Bertz CT molecular complexity index is 1400. The number of amides is 3. The van der Waals surface area contributed by atoms with E-state index in [1.54, 1.807) is 47.3 Å². The number of carboxylic acid groups (broad SMARTS) is 1. The van der Waals surface area contributed by atoms with E-state index >= 15 is 0 Å². The summed E-state index contributed by atoms with van der Waals surface area (Å²) < 4.78 is 1.67. The number of hydrogen-bond donors (Lipinski definition) is 5. The minimum atomic E-state index is -1.20. The van der Waals surface area contributed by atoms with Gasteiger partial charge in [-0.25, -0.2) is 4.79 Å². The van der Waals surface area contributed by atoms with Crippen LogP contribution in [0.1, 0.15) is 0 Å². The number of nitrogens with one attached hydrogen (secondary N) is 2. The number of nitrogens with zero attached hydrogens (tertiary/aromatic N) is 2. The first-order valence-corrected chi connectivity index (χ1v) is 16.4. The van der Waals surface area contributed by atoms with E-state index in [-0.39, 0.29) is 42.9 Å². The molecule has 3 atom stereocenters. The minimum Gasteiger partial charge on any atom is -0.477 e. The lowest BCUT2D eigenvalue weighted by Gasteiger charge is -2.49. The standard InChI is InChI=1S/C26H27Cl2N5O6S3/c27-15-1-2-18(28)19(7-15)41-13-21(36)31-22-24(37)33-23(26(38)39)14(12-42-25(22)33)11-40-17-3-5-32(6-4-17)10-20(35)30-9-16(34)8-29/h1-7,16,22,25,34H,8-13,29H2,(H2-,30,31,35,36,38,39)/p+1/t16?,22-,25+/m0/s1. The fraction of sp³-hybridized carbons (Fsp3) is 0.346. The van der Waals surface area contributed by atoms with Gasteiger partial charge in [-0.05, 0) is 23.8 Å². The van der Waals surface area contributed by atoms with E-state index in [9.17, 15) is 29.4 Å². The Balaban J connectivity index is 1.31. The quantitative estimate of drug-likeness (QED) is 0.119. The van der Waals surface area contributed by atoms with Gasteiger partial charge in [-0.2, -0.15) is 4.57 Å². The van der Waals surface area contributed by atoms with Gasteiger partial charge in [0.1, 0.15) is 17.1 Å². The van der Waals surface area contributed by atoms with E-state index < -0.39 is 29.4 Å². The van der Waals surface area contributed by atoms with Gasteiger partial charge in [-0.1, -0.05) is 23.2 Å². The molecule has 224 valence electrons. The number of nitrogens with two attached hydrogens (primary N) is 1. The average Bonchev–Trinajstić information content (AvgIpc) is 2.98. The molecule has 42 heavy (non-hydrogen) atoms. The van der Waals surface area contributed by atoms with Crippen LogP contribution in [0, 0.1) is 0 Å². The molecule has 0 aliphatic carbocycles. The molecule has 2 aromatic rings. The maximum Gasteiger partial charge on any atom is 0.352 e. The van der Waals surface area contributed by atoms with Crippen LogP contribution < -0.4 is 20.9 Å². The normalized spacial score (nSPS) is 18.7. The van der Waals surface area contributed by atoms with Crippen LogP contribution in [-0.4, -0.2) is 86.7 Å². The topological polar surface area (TPSA) is 166 Å². The third-order valence-electron chi connectivity index (χ3n) is 6.23. The summed E-state index contributed by atoms with van der Waals surface area (Å²) in [6, 6.07) is 7.74. The number of pyridine rings is 1. The number of fused-ring (bicyclic) bond motifs is 1. The molecule has 1 saturated heterocycles. The number of rotatable bonds is 13. The lowest BCUT2D eigenvalue weighted by Crippen LogP contribution is -2.70. The van der Waals surface area contributed by atoms with Crippen molar-refractivity contribution in [3.63, 3.8) is 0 Å². The second kappa shape index (κ2) is 14.8. The van der Waals surface area contributed by atoms with Gasteiger partial charge in [0.05, 0.1) is 16.9 Å². The van der Waals surface area contributed by atoms with Crippen LogP contribution in [0.15, 0.2) is 63.8 Å². The van der Waals surface area contributed by atoms with Gasteiger partial charge < -0.3 is 26.6 Å². The lowest BCUT2D eigenvalue weighted by atomic mass is 10.0. The molecule has 2 aliphatic heterocycles. The van der Waals surface area contributed by atoms with Gasteiger partial charge >= 0.3 is 5.97 Å². The van der Waals surface area contributed by atoms with Crippen molar-refractivity contribution < 1.29 is 34.0 Å². The molecule has 6 N–H and O–H groups in total. The zero-order chi connectivity index (χ0) is 30.4. The Morgan fingerprint density at radius 2 is 1.90 bits per heavy atom. The SMILES string of the molecule is NCC(O)CNC(=O)C[n+]1ccc(SCC2=C(C(=O)O)N3C(=O)[C@H](NC(=O)CSc4cc(Cl)ccc4Cl)[C@H]3SC2)cc1. The number of β-lactam (4-membered cyclic amide) rings is 1. The summed E-state index contributed by atoms with van der Waals surface area (Å²) in [4.78, 5) is 52.5. The number of halogens is 2. The molecule has 0 radical (unpaired) electrons. The molecule has 16 heteroatoms. The van der Waals surface area contributed by atoms with Crippen LogP contribution in [0.4, 0.5) is 0 Å². The van der Waals surface area contributed by atoms with Crippen molar-refractivity contribution in [2.45, 2.75) is 33.9 Å². The highest BCUT2D eigenvalue weighted by atomic mass is 35.5. The summed E-state index contributed by atoms with van der Waals surface area (Å²) >= 11 is 16.2. The predicted octanol–water partition coefficient (Wildman–Crippen LogP) is 1.34. The lowest BCUT2D eigenvalue weighted by molar-refractivity contribution is -0.684. The molecule has 11 nitrogen and oxygen atoms in total. The first kappa shape index (κ1) is 32.5. The molecule has 4 rings (SSSR count). The molecule has 0 spiro atoms. The highest BCUT2D eigenvalue weighted by Crippen LogP contribution is 2.41. The Hall–Kier alpha value is -2.46. The fourth-order valence-corrected chi connectivity index (χ4v) is 7.77. The summed E-state index contributed by atoms with van der Waals surface area (Å²) in [6.45, 7) is 0.202. The van der Waals surface area contributed by atoms with Gasteiger partial charge in [0.15, 0.2) is 12.4 Å². The number of carbonyl (C=O) groups is 4. The van der Waals surface area contributed by atoms with Crippen molar-refractivity contribution >= 4 is 82.2 Å². The highest BCUT2D eigenvalue weighted by molar-refractivity contribution is 8.01. The predicted molar refractivity (Wildman–Crippen MR) is 162 cm³/mol. The van der Waals surface area contributed by atoms with Crippen LogP contribution in [0.3, 0.4) is 0 Å². The van der Waals surface area contributed by atoms with Crippen molar-refractivity contribution in [2.24, 2.45) is 5.73 Å². The summed E-state index contributed by atoms with van der Waals surface area (Å²) in [5.74, 6) is -1.55. The van der Waals surface area contributed by atoms with Crippen LogP contribution in [0.5, 0.6) is 0 Å². The van der Waals surface area contributed by atoms with E-state index in [2.05, 4.69) is 10.6 Å². The minimum absolute atomic E-state index is 0.0178. The van der Waals surface area contributed by atoms with E-state index in [4.69, 9.17) is 28.9 Å². The van der Waals surface area contributed by atoms with Gasteiger partial charge in [-0.3, -0.25) is 19.3 Å². The molecular weight excluding hydrogens is 645 g/mol. The molecule has 3 amide bonds. The summed E-state index contributed by atoms with van der Waals surface area (Å²) in [5, 5.41) is 25.2. The van der Waals surface area contributed by atoms with Gasteiger partial charge in [0.2, 0.25) is 12.5 Å². The van der Waals surface area contributed by atoms with Crippen molar-refractivity contribution in [1.29, 1.82) is 0 Å². The zero-order valence-corrected chi connectivity index (χ0v) is 26.0. The average molecular weight is 674 g/mol. The first-order chi connectivity index (χ1) is 20.1. The van der Waals surface area contributed by atoms with E-state index in [1.165, 1.54) is 40.2 Å². The molecule has 1 unspecified atom stereocenters. The van der Waals surface area contributed by atoms with E-state index in [1.807, 2.05) is 0 Å². The number of aliphatic carboxylic acids is 1. The van der Waals surface area contributed by atoms with Crippen molar-refractivity contribution in [3.05, 3.63) is 64.0 Å². The molecule has 0 bridgehead atoms. The van der Waals surface area contributed by atoms with Crippen LogP contribution in [0.25, 0.3) is 0 Å². The monoisotopic (exact) mass is 672 g/mol. The molecule has 2 aliphatic rings. The number of carbonyl (C=O) groups excluding carboxylic acids is 3. The van der Waals surface area contributed by atoms with E-state index in [0.29, 0.717) is 32.0 Å². The van der Waals surface area contributed by atoms with Crippen LogP contribution in [-0.2, 0) is 25.7 Å². The number of hydrogen-bond acceptors (Lipinski definition) is 9. The number of carboxylic acids is 1. The number of benzene rings is 1. The van der Waals surface area contributed by atoms with Crippen molar-refractivity contribution in [2.75, 3.05) is 30.3 Å². The van der Waals surface area contributed by atoms with Gasteiger partial charge in [0.25, 0.3) is 11.8 Å². The molecule has 1 fully saturated rings. The number of aliphatic hydroxyl groups is 1.